The molecular weight excluding hydrogens is 227 g/mol. The molecule has 0 aliphatic rings. The summed E-state index contributed by atoms with van der Waals surface area (Å²) in [4.78, 5) is 10.3. The van der Waals surface area contributed by atoms with Crippen molar-refractivity contribution in [2.24, 2.45) is 0 Å². The van der Waals surface area contributed by atoms with Crippen molar-refractivity contribution in [2.75, 3.05) is 0 Å². The van der Waals surface area contributed by atoms with Crippen molar-refractivity contribution in [1.82, 2.24) is 0 Å². The SMILES string of the molecule is O=COc1ccc2oc3ccccc3c2c1.[NaH]. The topological polar surface area (TPSA) is 39.4 Å². The second-order valence-corrected chi connectivity index (χ2v) is 3.47. The van der Waals surface area contributed by atoms with Gasteiger partial charge < -0.3 is 9.15 Å². The molecule has 0 atom stereocenters. The molecule has 0 bridgehead atoms. The van der Waals surface area contributed by atoms with Crippen molar-refractivity contribution in [2.45, 2.75) is 0 Å². The van der Waals surface area contributed by atoms with E-state index in [0.717, 1.165) is 21.9 Å². The summed E-state index contributed by atoms with van der Waals surface area (Å²) in [7, 11) is 0. The Hall–Kier alpha value is -1.29. The van der Waals surface area contributed by atoms with Crippen LogP contribution in [0.1, 0.15) is 0 Å². The van der Waals surface area contributed by atoms with Crippen LogP contribution in [0.4, 0.5) is 0 Å². The molecule has 0 saturated heterocycles. The first-order valence-electron chi connectivity index (χ1n) is 4.90. The van der Waals surface area contributed by atoms with Gasteiger partial charge in [-0.1, -0.05) is 18.2 Å². The van der Waals surface area contributed by atoms with Crippen LogP contribution in [0.5, 0.6) is 5.75 Å². The number of hydrogen-bond acceptors (Lipinski definition) is 3. The van der Waals surface area contributed by atoms with E-state index >= 15 is 0 Å². The molecule has 4 heteroatoms. The van der Waals surface area contributed by atoms with Crippen LogP contribution in [0.25, 0.3) is 21.9 Å². The summed E-state index contributed by atoms with van der Waals surface area (Å²) in [5, 5.41) is 1.98. The van der Waals surface area contributed by atoms with Gasteiger partial charge in [0.25, 0.3) is 6.47 Å². The maximum absolute atomic E-state index is 10.3. The number of ether oxygens (including phenoxy) is 1. The number of hydrogen-bond donors (Lipinski definition) is 0. The van der Waals surface area contributed by atoms with E-state index in [1.54, 1.807) is 18.2 Å². The van der Waals surface area contributed by atoms with E-state index < -0.39 is 0 Å². The minimum absolute atomic E-state index is 0. The number of para-hydroxylation sites is 1. The predicted octanol–water partition coefficient (Wildman–Crippen LogP) is 2.47. The van der Waals surface area contributed by atoms with Crippen LogP contribution < -0.4 is 4.74 Å². The monoisotopic (exact) mass is 236 g/mol. The van der Waals surface area contributed by atoms with Crippen molar-refractivity contribution in [3.63, 3.8) is 0 Å². The number of carbonyl (C=O) groups is 1. The summed E-state index contributed by atoms with van der Waals surface area (Å²) in [5.74, 6) is 0.522. The fourth-order valence-electron chi connectivity index (χ4n) is 1.83. The van der Waals surface area contributed by atoms with Gasteiger partial charge in [-0.25, -0.2) is 0 Å². The normalized spacial score (nSPS) is 10.1. The van der Waals surface area contributed by atoms with E-state index in [2.05, 4.69) is 0 Å². The standard InChI is InChI=1S/C13H8O3.Na.H/c14-8-15-9-5-6-13-11(7-9)10-3-1-2-4-12(10)16-13;;/h1-8H;;. The predicted molar refractivity (Wildman–Crippen MR) is 67.6 cm³/mol. The third-order valence-electron chi connectivity index (χ3n) is 2.53. The Morgan fingerprint density at radius 1 is 1.00 bits per heavy atom. The second-order valence-electron chi connectivity index (χ2n) is 3.47. The van der Waals surface area contributed by atoms with Crippen molar-refractivity contribution in [3.05, 3.63) is 42.5 Å². The van der Waals surface area contributed by atoms with E-state index in [-0.39, 0.29) is 29.6 Å². The van der Waals surface area contributed by atoms with Gasteiger partial charge in [0.2, 0.25) is 0 Å². The van der Waals surface area contributed by atoms with Crippen LogP contribution in [0.15, 0.2) is 46.9 Å². The third kappa shape index (κ3) is 2.09. The van der Waals surface area contributed by atoms with Crippen LogP contribution in [0, 0.1) is 0 Å². The van der Waals surface area contributed by atoms with Gasteiger partial charge >= 0.3 is 29.6 Å². The van der Waals surface area contributed by atoms with E-state index in [0.29, 0.717) is 12.2 Å². The summed E-state index contributed by atoms with van der Waals surface area (Å²) < 4.78 is 10.5. The number of benzene rings is 2. The van der Waals surface area contributed by atoms with Gasteiger partial charge in [-0.15, -0.1) is 0 Å². The van der Waals surface area contributed by atoms with Crippen LogP contribution in [-0.4, -0.2) is 36.0 Å². The Kier molecular flexibility index (Phi) is 3.52. The fourth-order valence-corrected chi connectivity index (χ4v) is 1.83. The first-order valence-corrected chi connectivity index (χ1v) is 4.90. The molecule has 0 N–H and O–H groups in total. The molecule has 0 unspecified atom stereocenters. The number of fused-ring (bicyclic) bond motifs is 3. The zero-order valence-corrected chi connectivity index (χ0v) is 8.34. The molecule has 3 aromatic rings. The Morgan fingerprint density at radius 2 is 1.76 bits per heavy atom. The molecule has 3 nitrogen and oxygen atoms in total. The summed E-state index contributed by atoms with van der Waals surface area (Å²) in [6.45, 7) is 0.420. The Balaban J connectivity index is 0.00000108. The van der Waals surface area contributed by atoms with Gasteiger partial charge in [0.05, 0.1) is 0 Å². The van der Waals surface area contributed by atoms with Gasteiger partial charge in [0.15, 0.2) is 0 Å². The van der Waals surface area contributed by atoms with Crippen molar-refractivity contribution >= 4 is 58.0 Å². The van der Waals surface area contributed by atoms with Crippen LogP contribution >= 0.6 is 0 Å². The van der Waals surface area contributed by atoms with E-state index in [1.807, 2.05) is 24.3 Å². The molecule has 0 radical (unpaired) electrons. The van der Waals surface area contributed by atoms with Crippen molar-refractivity contribution < 1.29 is 13.9 Å². The molecule has 0 aliphatic carbocycles. The number of rotatable bonds is 2. The van der Waals surface area contributed by atoms with Gasteiger partial charge in [-0.3, -0.25) is 4.79 Å². The fraction of sp³-hybridized carbons (Fsp3) is 0. The zero-order valence-electron chi connectivity index (χ0n) is 8.34. The molecular formula is C13H9NaO3. The molecule has 0 fully saturated rings. The molecule has 1 heterocycles. The van der Waals surface area contributed by atoms with E-state index in [9.17, 15) is 4.79 Å². The van der Waals surface area contributed by atoms with Crippen LogP contribution in [0.2, 0.25) is 0 Å². The van der Waals surface area contributed by atoms with Crippen LogP contribution in [-0.2, 0) is 4.79 Å². The molecule has 0 saturated carbocycles. The van der Waals surface area contributed by atoms with E-state index in [1.165, 1.54) is 0 Å². The number of carbonyl (C=O) groups excluding carboxylic acids is 1. The molecule has 3 rings (SSSR count). The molecule has 0 spiro atoms. The quantitative estimate of drug-likeness (QED) is 0.507. The Labute approximate surface area is 120 Å². The van der Waals surface area contributed by atoms with Gasteiger partial charge in [0, 0.05) is 10.8 Å². The average molecular weight is 236 g/mol. The Morgan fingerprint density at radius 3 is 2.59 bits per heavy atom. The van der Waals surface area contributed by atoms with Gasteiger partial charge in [-0.05, 0) is 24.3 Å². The van der Waals surface area contributed by atoms with Crippen molar-refractivity contribution in [3.8, 4) is 5.75 Å². The van der Waals surface area contributed by atoms with E-state index in [4.69, 9.17) is 9.15 Å². The molecule has 80 valence electrons. The summed E-state index contributed by atoms with van der Waals surface area (Å²) in [6, 6.07) is 13.1. The molecule has 17 heavy (non-hydrogen) atoms. The Bertz CT molecular complexity index is 673. The first kappa shape index (κ1) is 12.2. The molecule has 1 aromatic heterocycles. The maximum atomic E-state index is 10.3. The van der Waals surface area contributed by atoms with Gasteiger partial charge in [0.1, 0.15) is 16.9 Å². The summed E-state index contributed by atoms with van der Waals surface area (Å²) in [6.07, 6.45) is 0. The van der Waals surface area contributed by atoms with Gasteiger partial charge in [-0.2, -0.15) is 0 Å². The molecule has 0 amide bonds. The summed E-state index contributed by atoms with van der Waals surface area (Å²) in [5.41, 5.74) is 1.63. The second kappa shape index (κ2) is 4.92. The first-order chi connectivity index (χ1) is 7.88. The summed E-state index contributed by atoms with van der Waals surface area (Å²) >= 11 is 0. The minimum atomic E-state index is 0. The molecule has 0 aliphatic heterocycles. The molecule has 2 aromatic carbocycles. The zero-order chi connectivity index (χ0) is 11.0. The third-order valence-corrected chi connectivity index (χ3v) is 2.53. The van der Waals surface area contributed by atoms with Crippen molar-refractivity contribution in [1.29, 1.82) is 0 Å². The number of furan rings is 1. The van der Waals surface area contributed by atoms with Crippen LogP contribution in [0.3, 0.4) is 0 Å². The average Bonchev–Trinajstić information content (AvgIpc) is 2.68.